The Kier molecular flexibility index (Phi) is 6.27. The molecule has 116 valence electrons. The summed E-state index contributed by atoms with van der Waals surface area (Å²) in [6.45, 7) is 6.17. The van der Waals surface area contributed by atoms with Gasteiger partial charge in [-0.2, -0.15) is 0 Å². The molecule has 20 heavy (non-hydrogen) atoms. The van der Waals surface area contributed by atoms with Crippen LogP contribution in [0.25, 0.3) is 0 Å². The molecule has 2 amide bonds. The number of likely N-dealkylation sites (tertiary alicyclic amines) is 2. The fourth-order valence-electron chi connectivity index (χ4n) is 3.23. The molecule has 2 aliphatic heterocycles. The zero-order valence-corrected chi connectivity index (χ0v) is 13.2. The van der Waals surface area contributed by atoms with E-state index in [9.17, 15) is 9.59 Å². The van der Waals surface area contributed by atoms with E-state index < -0.39 is 0 Å². The molecule has 0 aromatic rings. The summed E-state index contributed by atoms with van der Waals surface area (Å²) >= 11 is 0. The van der Waals surface area contributed by atoms with Crippen molar-refractivity contribution in [1.82, 2.24) is 9.80 Å². The van der Waals surface area contributed by atoms with Gasteiger partial charge in [-0.25, -0.2) is 0 Å². The van der Waals surface area contributed by atoms with Gasteiger partial charge in [-0.15, -0.1) is 12.4 Å². The molecule has 2 fully saturated rings. The second kappa shape index (κ2) is 7.27. The number of halogens is 1. The van der Waals surface area contributed by atoms with Crippen LogP contribution in [0.5, 0.6) is 0 Å². The summed E-state index contributed by atoms with van der Waals surface area (Å²) < 4.78 is 0. The van der Waals surface area contributed by atoms with Crippen LogP contribution in [0.1, 0.15) is 39.5 Å². The molecule has 0 spiro atoms. The minimum absolute atomic E-state index is 0. The third-order valence-corrected chi connectivity index (χ3v) is 4.43. The molecule has 2 atom stereocenters. The van der Waals surface area contributed by atoms with Gasteiger partial charge in [0.1, 0.15) is 0 Å². The Morgan fingerprint density at radius 3 is 2.50 bits per heavy atom. The zero-order valence-electron chi connectivity index (χ0n) is 12.4. The van der Waals surface area contributed by atoms with Gasteiger partial charge in [0.15, 0.2) is 0 Å². The third-order valence-electron chi connectivity index (χ3n) is 4.43. The van der Waals surface area contributed by atoms with Crippen LogP contribution < -0.4 is 5.73 Å². The van der Waals surface area contributed by atoms with E-state index in [0.29, 0.717) is 19.5 Å². The number of nitrogens with two attached hydrogens (primary N) is 1. The van der Waals surface area contributed by atoms with E-state index in [4.69, 9.17) is 5.73 Å². The molecule has 0 aromatic carbocycles. The summed E-state index contributed by atoms with van der Waals surface area (Å²) in [5, 5.41) is 0. The van der Waals surface area contributed by atoms with E-state index in [0.717, 1.165) is 25.8 Å². The van der Waals surface area contributed by atoms with Crippen molar-refractivity contribution in [2.24, 2.45) is 11.7 Å². The molecule has 0 bridgehead atoms. The molecule has 0 aromatic heterocycles. The van der Waals surface area contributed by atoms with Crippen LogP contribution in [0.3, 0.4) is 0 Å². The molecular weight excluding hydrogens is 278 g/mol. The summed E-state index contributed by atoms with van der Waals surface area (Å²) in [4.78, 5) is 28.2. The molecule has 6 heteroatoms. The first kappa shape index (κ1) is 17.2. The highest BCUT2D eigenvalue weighted by Crippen LogP contribution is 2.25. The molecule has 0 saturated carbocycles. The number of rotatable bonds is 4. The highest BCUT2D eigenvalue weighted by atomic mass is 35.5. The zero-order chi connectivity index (χ0) is 14.0. The molecule has 0 radical (unpaired) electrons. The van der Waals surface area contributed by atoms with Gasteiger partial charge in [0, 0.05) is 38.1 Å². The monoisotopic (exact) mass is 303 g/mol. The van der Waals surface area contributed by atoms with Crippen molar-refractivity contribution in [2.75, 3.05) is 19.6 Å². The smallest absolute Gasteiger partial charge is 0.228 e. The maximum Gasteiger partial charge on any atom is 0.228 e. The average Bonchev–Trinajstić information content (AvgIpc) is 2.98. The Bertz CT molecular complexity index is 360. The van der Waals surface area contributed by atoms with Gasteiger partial charge in [0.2, 0.25) is 11.8 Å². The molecule has 5 nitrogen and oxygen atoms in total. The highest BCUT2D eigenvalue weighted by Gasteiger charge is 2.39. The maximum atomic E-state index is 12.4. The Hall–Kier alpha value is -0.810. The molecular formula is C14H26ClN3O2. The molecule has 2 N–H and O–H groups in total. The first-order valence-corrected chi connectivity index (χ1v) is 7.40. The molecule has 1 unspecified atom stereocenters. The second-order valence-corrected chi connectivity index (χ2v) is 5.75. The van der Waals surface area contributed by atoms with Crippen LogP contribution in [0.15, 0.2) is 0 Å². The fourth-order valence-corrected chi connectivity index (χ4v) is 3.23. The van der Waals surface area contributed by atoms with Crippen LogP contribution in [0.2, 0.25) is 0 Å². The van der Waals surface area contributed by atoms with Crippen molar-refractivity contribution in [3.8, 4) is 0 Å². The number of nitrogens with zero attached hydrogens (tertiary/aromatic N) is 2. The number of amides is 2. The van der Waals surface area contributed by atoms with Crippen LogP contribution in [0.4, 0.5) is 0 Å². The normalized spacial score (nSPS) is 26.3. The molecule has 2 heterocycles. The van der Waals surface area contributed by atoms with Gasteiger partial charge in [0.25, 0.3) is 0 Å². The lowest BCUT2D eigenvalue weighted by atomic mass is 10.1. The Labute approximate surface area is 127 Å². The lowest BCUT2D eigenvalue weighted by Gasteiger charge is -2.26. The van der Waals surface area contributed by atoms with Crippen LogP contribution in [0, 0.1) is 5.92 Å². The number of hydrogen-bond acceptors (Lipinski definition) is 3. The maximum absolute atomic E-state index is 12.4. The van der Waals surface area contributed by atoms with Gasteiger partial charge in [-0.05, 0) is 19.3 Å². The predicted octanol–water partition coefficient (Wildman–Crippen LogP) is 1.00. The summed E-state index contributed by atoms with van der Waals surface area (Å²) in [5.41, 5.74) is 5.84. The van der Waals surface area contributed by atoms with Crippen LogP contribution >= 0.6 is 12.4 Å². The lowest BCUT2D eigenvalue weighted by molar-refractivity contribution is -0.134. The van der Waals surface area contributed by atoms with Crippen molar-refractivity contribution in [3.05, 3.63) is 0 Å². The Morgan fingerprint density at radius 2 is 2.00 bits per heavy atom. The first-order chi connectivity index (χ1) is 9.06. The topological polar surface area (TPSA) is 66.6 Å². The van der Waals surface area contributed by atoms with Crippen LogP contribution in [-0.2, 0) is 9.59 Å². The highest BCUT2D eigenvalue weighted by molar-refractivity contribution is 5.89. The standard InChI is InChI=1S/C14H25N3O2.ClH/c1-3-12(4-2)17-8-10(7-13(17)18)14(19)16-6-5-11(15)9-16;/h10-12H,3-9,15H2,1-2H3;1H/t10?,11-;/m1./s1. The fraction of sp³-hybridized carbons (Fsp3) is 0.857. The number of carbonyl (C=O) groups excluding carboxylic acids is 2. The Morgan fingerprint density at radius 1 is 1.35 bits per heavy atom. The van der Waals surface area contributed by atoms with E-state index in [1.165, 1.54) is 0 Å². The summed E-state index contributed by atoms with van der Waals surface area (Å²) in [7, 11) is 0. The van der Waals surface area contributed by atoms with E-state index in [1.54, 1.807) is 0 Å². The second-order valence-electron chi connectivity index (χ2n) is 5.75. The van der Waals surface area contributed by atoms with Crippen molar-refractivity contribution >= 4 is 24.2 Å². The minimum Gasteiger partial charge on any atom is -0.341 e. The van der Waals surface area contributed by atoms with Crippen molar-refractivity contribution < 1.29 is 9.59 Å². The minimum atomic E-state index is -0.154. The van der Waals surface area contributed by atoms with Crippen molar-refractivity contribution in [1.29, 1.82) is 0 Å². The van der Waals surface area contributed by atoms with Gasteiger partial charge in [-0.1, -0.05) is 13.8 Å². The van der Waals surface area contributed by atoms with Crippen LogP contribution in [-0.4, -0.2) is 53.3 Å². The van der Waals surface area contributed by atoms with Crippen molar-refractivity contribution in [3.63, 3.8) is 0 Å². The van der Waals surface area contributed by atoms with Crippen molar-refractivity contribution in [2.45, 2.75) is 51.6 Å². The first-order valence-electron chi connectivity index (χ1n) is 7.40. The van der Waals surface area contributed by atoms with Gasteiger partial charge >= 0.3 is 0 Å². The molecule has 2 rings (SSSR count). The molecule has 0 aliphatic carbocycles. The molecule has 2 saturated heterocycles. The van der Waals surface area contributed by atoms with Gasteiger partial charge in [0.05, 0.1) is 5.92 Å². The predicted molar refractivity (Wildman–Crippen MR) is 80.6 cm³/mol. The largest absolute Gasteiger partial charge is 0.341 e. The number of carbonyl (C=O) groups is 2. The molecule has 2 aliphatic rings. The van der Waals surface area contributed by atoms with E-state index in [1.807, 2.05) is 9.80 Å². The quantitative estimate of drug-likeness (QED) is 0.843. The summed E-state index contributed by atoms with van der Waals surface area (Å²) in [5.74, 6) is 0.101. The lowest BCUT2D eigenvalue weighted by Crippen LogP contribution is -2.39. The summed E-state index contributed by atoms with van der Waals surface area (Å²) in [6.07, 6.45) is 3.17. The van der Waals surface area contributed by atoms with E-state index >= 15 is 0 Å². The average molecular weight is 304 g/mol. The van der Waals surface area contributed by atoms with E-state index in [-0.39, 0.29) is 42.2 Å². The SMILES string of the molecule is CCC(CC)N1CC(C(=O)N2CC[C@@H](N)C2)CC1=O.Cl. The summed E-state index contributed by atoms with van der Waals surface area (Å²) in [6, 6.07) is 0.391. The van der Waals surface area contributed by atoms with Gasteiger partial charge < -0.3 is 15.5 Å². The van der Waals surface area contributed by atoms with Gasteiger partial charge in [-0.3, -0.25) is 9.59 Å². The van der Waals surface area contributed by atoms with E-state index in [2.05, 4.69) is 13.8 Å². The number of hydrogen-bond donors (Lipinski definition) is 1. The third kappa shape index (κ3) is 3.44. The Balaban J connectivity index is 0.00000200.